The van der Waals surface area contributed by atoms with Crippen LogP contribution < -0.4 is 9.62 Å². The first kappa shape index (κ1) is 31.5. The van der Waals surface area contributed by atoms with Crippen LogP contribution in [0.25, 0.3) is 0 Å². The number of amides is 2. The predicted octanol–water partition coefficient (Wildman–Crippen LogP) is 5.48. The number of sulfonamides is 1. The summed E-state index contributed by atoms with van der Waals surface area (Å²) in [6, 6.07) is 20.3. The van der Waals surface area contributed by atoms with Crippen LogP contribution in [0.4, 0.5) is 5.69 Å². The number of carbonyl (C=O) groups is 2. The van der Waals surface area contributed by atoms with Crippen LogP contribution >= 0.6 is 23.2 Å². The summed E-state index contributed by atoms with van der Waals surface area (Å²) in [6.07, 6.45) is 1.29. The van der Waals surface area contributed by atoms with Crippen LogP contribution in [-0.4, -0.2) is 50.5 Å². The normalized spacial score (nSPS) is 12.2. The van der Waals surface area contributed by atoms with Gasteiger partial charge in [0.15, 0.2) is 0 Å². The monoisotopic (exact) mass is 603 g/mol. The molecule has 2 amide bonds. The van der Waals surface area contributed by atoms with Crippen molar-refractivity contribution in [3.8, 4) is 0 Å². The maximum Gasteiger partial charge on any atom is 0.244 e. The van der Waals surface area contributed by atoms with E-state index in [0.717, 1.165) is 21.7 Å². The number of benzene rings is 3. The number of hydrogen-bond acceptors (Lipinski definition) is 4. The summed E-state index contributed by atoms with van der Waals surface area (Å²) >= 11 is 12.4. The third-order valence-electron chi connectivity index (χ3n) is 6.29. The molecule has 0 spiro atoms. The molecule has 0 aliphatic heterocycles. The molecule has 7 nitrogen and oxygen atoms in total. The largest absolute Gasteiger partial charge is 0.354 e. The number of aryl methyl sites for hydroxylation is 1. The van der Waals surface area contributed by atoms with Crippen molar-refractivity contribution in [2.45, 2.75) is 39.8 Å². The van der Waals surface area contributed by atoms with Gasteiger partial charge in [-0.3, -0.25) is 13.9 Å². The predicted molar refractivity (Wildman–Crippen MR) is 162 cm³/mol. The lowest BCUT2D eigenvalue weighted by Crippen LogP contribution is -2.53. The van der Waals surface area contributed by atoms with Gasteiger partial charge in [-0.1, -0.05) is 91.1 Å². The minimum absolute atomic E-state index is 0.0216. The molecule has 0 aliphatic carbocycles. The van der Waals surface area contributed by atoms with Gasteiger partial charge >= 0.3 is 0 Å². The molecule has 0 saturated heterocycles. The van der Waals surface area contributed by atoms with E-state index in [1.165, 1.54) is 4.90 Å². The van der Waals surface area contributed by atoms with Crippen LogP contribution in [0, 0.1) is 12.8 Å². The average Bonchev–Trinajstić information content (AvgIpc) is 2.90. The zero-order valence-corrected chi connectivity index (χ0v) is 25.4. The Morgan fingerprint density at radius 1 is 0.900 bits per heavy atom. The quantitative estimate of drug-likeness (QED) is 0.297. The molecule has 40 heavy (non-hydrogen) atoms. The van der Waals surface area contributed by atoms with E-state index in [0.29, 0.717) is 27.8 Å². The van der Waals surface area contributed by atoms with Gasteiger partial charge in [0.05, 0.1) is 22.0 Å². The van der Waals surface area contributed by atoms with Crippen molar-refractivity contribution in [3.05, 3.63) is 99.5 Å². The van der Waals surface area contributed by atoms with Gasteiger partial charge < -0.3 is 10.2 Å². The van der Waals surface area contributed by atoms with Crippen LogP contribution in [0.15, 0.2) is 72.8 Å². The molecule has 1 N–H and O–H groups in total. The van der Waals surface area contributed by atoms with Gasteiger partial charge in [0, 0.05) is 19.5 Å². The van der Waals surface area contributed by atoms with E-state index < -0.39 is 28.5 Å². The standard InChI is InChI=1S/C30H35Cl2N3O4S/c1-21(2)18-33-30(37)28(17-23-8-6-5-7-9-23)34(19-24-12-15-26(31)27(32)16-24)29(36)20-35(40(4,38)39)25-13-10-22(3)11-14-25/h5-16,21,28H,17-20H2,1-4H3,(H,33,37). The Morgan fingerprint density at radius 3 is 2.12 bits per heavy atom. The molecule has 214 valence electrons. The van der Waals surface area contributed by atoms with E-state index >= 15 is 0 Å². The molecule has 0 radical (unpaired) electrons. The lowest BCUT2D eigenvalue weighted by molar-refractivity contribution is -0.140. The molecule has 0 saturated carbocycles. The molecule has 0 bridgehead atoms. The first-order chi connectivity index (χ1) is 18.8. The van der Waals surface area contributed by atoms with Crippen molar-refractivity contribution in [3.63, 3.8) is 0 Å². The van der Waals surface area contributed by atoms with Crippen molar-refractivity contribution in [2.75, 3.05) is 23.7 Å². The summed E-state index contributed by atoms with van der Waals surface area (Å²) in [5.74, 6) is -0.660. The second-order valence-corrected chi connectivity index (χ2v) is 12.9. The van der Waals surface area contributed by atoms with Crippen LogP contribution in [0.3, 0.4) is 0 Å². The molecular formula is C30H35Cl2N3O4S. The zero-order chi connectivity index (χ0) is 29.4. The highest BCUT2D eigenvalue weighted by Crippen LogP contribution is 2.25. The molecule has 3 rings (SSSR count). The van der Waals surface area contributed by atoms with Crippen LogP contribution in [0.2, 0.25) is 10.0 Å². The van der Waals surface area contributed by atoms with Crippen molar-refractivity contribution >= 4 is 50.7 Å². The van der Waals surface area contributed by atoms with E-state index in [9.17, 15) is 18.0 Å². The van der Waals surface area contributed by atoms with Crippen LogP contribution in [0.5, 0.6) is 0 Å². The number of hydrogen-bond donors (Lipinski definition) is 1. The molecule has 0 fully saturated rings. The minimum Gasteiger partial charge on any atom is -0.354 e. The molecule has 3 aromatic carbocycles. The van der Waals surface area contributed by atoms with Gasteiger partial charge in [-0.2, -0.15) is 0 Å². The first-order valence-electron chi connectivity index (χ1n) is 12.9. The Bertz CT molecular complexity index is 1410. The van der Waals surface area contributed by atoms with E-state index in [2.05, 4.69) is 5.32 Å². The van der Waals surface area contributed by atoms with Gasteiger partial charge in [0.2, 0.25) is 21.8 Å². The molecule has 0 aromatic heterocycles. The van der Waals surface area contributed by atoms with Crippen molar-refractivity contribution < 1.29 is 18.0 Å². The fourth-order valence-electron chi connectivity index (χ4n) is 4.14. The second-order valence-electron chi connectivity index (χ2n) is 10.2. The lowest BCUT2D eigenvalue weighted by Gasteiger charge is -2.33. The highest BCUT2D eigenvalue weighted by Gasteiger charge is 2.33. The summed E-state index contributed by atoms with van der Waals surface area (Å²) < 4.78 is 26.7. The van der Waals surface area contributed by atoms with Crippen molar-refractivity contribution in [1.82, 2.24) is 10.2 Å². The smallest absolute Gasteiger partial charge is 0.244 e. The molecule has 0 heterocycles. The Morgan fingerprint density at radius 2 is 1.55 bits per heavy atom. The molecule has 10 heteroatoms. The Kier molecular flexibility index (Phi) is 11.0. The first-order valence-corrected chi connectivity index (χ1v) is 15.5. The Balaban J connectivity index is 2.06. The number of nitrogens with zero attached hydrogens (tertiary/aromatic N) is 2. The number of halogens is 2. The third-order valence-corrected chi connectivity index (χ3v) is 8.17. The summed E-state index contributed by atoms with van der Waals surface area (Å²) in [5, 5.41) is 3.63. The average molecular weight is 605 g/mol. The number of carbonyl (C=O) groups excluding carboxylic acids is 2. The topological polar surface area (TPSA) is 86.8 Å². The Hall–Kier alpha value is -3.07. The molecule has 3 aromatic rings. The maximum absolute atomic E-state index is 14.1. The summed E-state index contributed by atoms with van der Waals surface area (Å²) in [7, 11) is -3.82. The van der Waals surface area contributed by atoms with Crippen molar-refractivity contribution in [1.29, 1.82) is 0 Å². The van der Waals surface area contributed by atoms with Gasteiger partial charge in [0.25, 0.3) is 0 Å². The van der Waals surface area contributed by atoms with Crippen molar-refractivity contribution in [2.24, 2.45) is 5.92 Å². The van der Waals surface area contributed by atoms with E-state index in [1.807, 2.05) is 51.1 Å². The Labute approximate surface area is 247 Å². The second kappa shape index (κ2) is 14.0. The molecule has 1 atom stereocenters. The maximum atomic E-state index is 14.1. The zero-order valence-electron chi connectivity index (χ0n) is 23.1. The summed E-state index contributed by atoms with van der Waals surface area (Å²) in [5.41, 5.74) is 2.82. The number of rotatable bonds is 12. The highest BCUT2D eigenvalue weighted by atomic mass is 35.5. The summed E-state index contributed by atoms with van der Waals surface area (Å²) in [4.78, 5) is 29.1. The summed E-state index contributed by atoms with van der Waals surface area (Å²) in [6.45, 7) is 5.83. The SMILES string of the molecule is Cc1ccc(N(CC(=O)N(Cc2ccc(Cl)c(Cl)c2)C(Cc2ccccc2)C(=O)NCC(C)C)S(C)(=O)=O)cc1. The lowest BCUT2D eigenvalue weighted by atomic mass is 10.0. The molecule has 1 unspecified atom stereocenters. The van der Waals surface area contributed by atoms with Gasteiger partial charge in [-0.25, -0.2) is 8.42 Å². The highest BCUT2D eigenvalue weighted by molar-refractivity contribution is 7.92. The third kappa shape index (κ3) is 8.98. The fraction of sp³-hybridized carbons (Fsp3) is 0.333. The fourth-order valence-corrected chi connectivity index (χ4v) is 5.31. The molecular weight excluding hydrogens is 569 g/mol. The minimum atomic E-state index is -3.82. The van der Waals surface area contributed by atoms with E-state index in [-0.39, 0.29) is 24.8 Å². The van der Waals surface area contributed by atoms with Crippen LogP contribution in [-0.2, 0) is 32.6 Å². The number of anilines is 1. The van der Waals surface area contributed by atoms with Gasteiger partial charge in [-0.05, 0) is 48.2 Å². The van der Waals surface area contributed by atoms with Gasteiger partial charge in [0.1, 0.15) is 12.6 Å². The van der Waals surface area contributed by atoms with E-state index in [4.69, 9.17) is 23.2 Å². The van der Waals surface area contributed by atoms with Crippen LogP contribution in [0.1, 0.15) is 30.5 Å². The van der Waals surface area contributed by atoms with E-state index in [1.54, 1.807) is 42.5 Å². The van der Waals surface area contributed by atoms with Gasteiger partial charge in [-0.15, -0.1) is 0 Å². The molecule has 0 aliphatic rings. The number of nitrogens with one attached hydrogen (secondary N) is 1.